The summed E-state index contributed by atoms with van der Waals surface area (Å²) >= 11 is 2.11. The zero-order valence-corrected chi connectivity index (χ0v) is 24.6. The van der Waals surface area contributed by atoms with Crippen LogP contribution in [0.5, 0.6) is 0 Å². The smallest absolute Gasteiger partial charge is 0.229 e. The van der Waals surface area contributed by atoms with E-state index in [1.807, 2.05) is 19.9 Å². The van der Waals surface area contributed by atoms with Crippen molar-refractivity contribution in [3.63, 3.8) is 0 Å². The number of fused-ring (bicyclic) bond motifs is 1. The van der Waals surface area contributed by atoms with Gasteiger partial charge in [-0.3, -0.25) is 9.62 Å². The third kappa shape index (κ3) is 7.47. The van der Waals surface area contributed by atoms with E-state index in [-0.39, 0.29) is 5.82 Å². The number of ether oxygens (including phenoxy) is 2. The SMILES string of the molecule is COCCN(CCOC)C(C)(C)c1cc2ncnc(Nc3ccc(F)c(CI)c3)c2cc1NS(C)(=O)=O. The fraction of sp³-hybridized carbons (Fsp3) is 0.440. The van der Waals surface area contributed by atoms with Gasteiger partial charge in [-0.1, -0.05) is 22.6 Å². The van der Waals surface area contributed by atoms with Gasteiger partial charge in [0.15, 0.2) is 0 Å². The van der Waals surface area contributed by atoms with Gasteiger partial charge in [-0.25, -0.2) is 22.8 Å². The van der Waals surface area contributed by atoms with E-state index in [1.54, 1.807) is 32.4 Å². The van der Waals surface area contributed by atoms with Gasteiger partial charge in [0.2, 0.25) is 10.0 Å². The summed E-state index contributed by atoms with van der Waals surface area (Å²) in [4.78, 5) is 11.0. The fourth-order valence-corrected chi connectivity index (χ4v) is 5.28. The molecule has 3 aromatic rings. The number of sulfonamides is 1. The first-order valence-corrected chi connectivity index (χ1v) is 15.0. The molecule has 3 rings (SSSR count). The van der Waals surface area contributed by atoms with E-state index < -0.39 is 15.6 Å². The van der Waals surface area contributed by atoms with Crippen LogP contribution in [-0.2, 0) is 29.5 Å². The number of hydrogen-bond acceptors (Lipinski definition) is 8. The van der Waals surface area contributed by atoms with E-state index >= 15 is 0 Å². The van der Waals surface area contributed by atoms with Crippen molar-refractivity contribution >= 4 is 60.7 Å². The number of anilines is 3. The maximum atomic E-state index is 14.0. The second-order valence-electron chi connectivity index (χ2n) is 9.11. The lowest BCUT2D eigenvalue weighted by Gasteiger charge is -2.40. The molecule has 12 heteroatoms. The largest absolute Gasteiger partial charge is 0.383 e. The Morgan fingerprint density at radius 3 is 2.35 bits per heavy atom. The highest BCUT2D eigenvalue weighted by atomic mass is 127. The molecule has 202 valence electrons. The molecule has 0 unspecified atom stereocenters. The van der Waals surface area contributed by atoms with Crippen molar-refractivity contribution in [1.82, 2.24) is 14.9 Å². The molecule has 0 saturated carbocycles. The van der Waals surface area contributed by atoms with Crippen LogP contribution in [0.2, 0.25) is 0 Å². The Hall–Kier alpha value is -2.13. The summed E-state index contributed by atoms with van der Waals surface area (Å²) in [5.41, 5.74) is 2.43. The van der Waals surface area contributed by atoms with E-state index in [2.05, 4.69) is 47.5 Å². The highest BCUT2D eigenvalue weighted by Gasteiger charge is 2.32. The molecular formula is C25H33FIN5O4S. The van der Waals surface area contributed by atoms with E-state index in [0.29, 0.717) is 64.4 Å². The maximum Gasteiger partial charge on any atom is 0.229 e. The number of rotatable bonds is 13. The molecule has 1 aromatic heterocycles. The first kappa shape index (κ1) is 29.4. The summed E-state index contributed by atoms with van der Waals surface area (Å²) in [6, 6.07) is 8.39. The topological polar surface area (TPSA) is 106 Å². The molecule has 9 nitrogen and oxygen atoms in total. The van der Waals surface area contributed by atoms with Crippen molar-refractivity contribution in [2.75, 3.05) is 56.8 Å². The van der Waals surface area contributed by atoms with Crippen LogP contribution >= 0.6 is 22.6 Å². The van der Waals surface area contributed by atoms with Gasteiger partial charge in [-0.15, -0.1) is 0 Å². The number of benzene rings is 2. The number of nitrogens with zero attached hydrogens (tertiary/aromatic N) is 3. The van der Waals surface area contributed by atoms with Crippen molar-refractivity contribution in [3.05, 3.63) is 53.6 Å². The van der Waals surface area contributed by atoms with Crippen molar-refractivity contribution in [2.45, 2.75) is 23.8 Å². The Kier molecular flexibility index (Phi) is 10.0. The van der Waals surface area contributed by atoms with Crippen LogP contribution in [0.25, 0.3) is 10.9 Å². The first-order valence-electron chi connectivity index (χ1n) is 11.6. The maximum absolute atomic E-state index is 14.0. The van der Waals surface area contributed by atoms with Crippen LogP contribution < -0.4 is 10.0 Å². The molecule has 0 fully saturated rings. The first-order chi connectivity index (χ1) is 17.5. The molecule has 2 N–H and O–H groups in total. The number of nitrogens with one attached hydrogen (secondary N) is 2. The molecule has 1 heterocycles. The normalized spacial score (nSPS) is 12.3. The molecule has 2 aromatic carbocycles. The summed E-state index contributed by atoms with van der Waals surface area (Å²) in [7, 11) is -0.310. The van der Waals surface area contributed by atoms with Gasteiger partial charge in [0.25, 0.3) is 0 Å². The Morgan fingerprint density at radius 1 is 1.08 bits per heavy atom. The number of alkyl halides is 1. The molecule has 0 aliphatic heterocycles. The summed E-state index contributed by atoms with van der Waals surface area (Å²) in [6.45, 7) is 6.28. The minimum absolute atomic E-state index is 0.273. The second-order valence-corrected chi connectivity index (χ2v) is 11.6. The molecule has 0 saturated heterocycles. The van der Waals surface area contributed by atoms with Gasteiger partial charge >= 0.3 is 0 Å². The Labute approximate surface area is 231 Å². The summed E-state index contributed by atoms with van der Waals surface area (Å²) in [6.07, 6.45) is 2.56. The second kappa shape index (κ2) is 12.6. The van der Waals surface area contributed by atoms with Gasteiger partial charge in [0, 0.05) is 48.3 Å². The van der Waals surface area contributed by atoms with E-state index in [9.17, 15) is 12.8 Å². The molecule has 0 amide bonds. The molecular weight excluding hydrogens is 612 g/mol. The molecule has 0 radical (unpaired) electrons. The van der Waals surface area contributed by atoms with Crippen molar-refractivity contribution in [1.29, 1.82) is 0 Å². The van der Waals surface area contributed by atoms with E-state index in [1.165, 1.54) is 12.4 Å². The van der Waals surface area contributed by atoms with Gasteiger partial charge in [0.1, 0.15) is 18.0 Å². The lowest BCUT2D eigenvalue weighted by Crippen LogP contribution is -2.45. The minimum atomic E-state index is -3.60. The zero-order chi connectivity index (χ0) is 27.2. The third-order valence-corrected chi connectivity index (χ3v) is 7.52. The van der Waals surface area contributed by atoms with Crippen LogP contribution in [0.15, 0.2) is 36.7 Å². The van der Waals surface area contributed by atoms with Gasteiger partial charge in [-0.05, 0) is 55.3 Å². The monoisotopic (exact) mass is 645 g/mol. The van der Waals surface area contributed by atoms with Crippen molar-refractivity contribution in [3.8, 4) is 0 Å². The highest BCUT2D eigenvalue weighted by molar-refractivity contribution is 14.1. The van der Waals surface area contributed by atoms with E-state index in [4.69, 9.17) is 9.47 Å². The third-order valence-electron chi connectivity index (χ3n) is 6.10. The average Bonchev–Trinajstić information content (AvgIpc) is 2.84. The summed E-state index contributed by atoms with van der Waals surface area (Å²) in [5.74, 6) is 0.207. The van der Waals surface area contributed by atoms with Crippen LogP contribution in [-0.4, -0.2) is 70.1 Å². The van der Waals surface area contributed by atoms with Gasteiger partial charge in [-0.2, -0.15) is 0 Å². The van der Waals surface area contributed by atoms with E-state index in [0.717, 1.165) is 11.8 Å². The number of hydrogen-bond donors (Lipinski definition) is 2. The van der Waals surface area contributed by atoms with Gasteiger partial charge in [0.05, 0.1) is 30.7 Å². The molecule has 0 spiro atoms. The van der Waals surface area contributed by atoms with Crippen LogP contribution in [0.3, 0.4) is 0 Å². The standard InChI is InChI=1S/C25H33FIN5O4S/c1-25(2,32(8-10-35-3)9-11-36-4)20-14-22-19(13-23(20)31-37(5,33)34)24(29-16-28-22)30-18-6-7-21(26)17(12-18)15-27/h6-7,12-14,16,31H,8-11,15H2,1-5H3,(H,28,29,30). The van der Waals surface area contributed by atoms with Crippen LogP contribution in [0.4, 0.5) is 21.6 Å². The average molecular weight is 646 g/mol. The molecule has 0 atom stereocenters. The quantitative estimate of drug-likeness (QED) is 0.205. The predicted octanol–water partition coefficient (Wildman–Crippen LogP) is 4.65. The number of aromatic nitrogens is 2. The highest BCUT2D eigenvalue weighted by Crippen LogP contribution is 2.38. The van der Waals surface area contributed by atoms with Crippen molar-refractivity contribution < 1.29 is 22.3 Å². The number of methoxy groups -OCH3 is 2. The van der Waals surface area contributed by atoms with Crippen LogP contribution in [0, 0.1) is 5.82 Å². The fourth-order valence-electron chi connectivity index (χ4n) is 4.13. The predicted molar refractivity (Wildman–Crippen MR) is 154 cm³/mol. The van der Waals surface area contributed by atoms with Gasteiger partial charge < -0.3 is 14.8 Å². The molecule has 0 aliphatic rings. The minimum Gasteiger partial charge on any atom is -0.383 e. The zero-order valence-electron chi connectivity index (χ0n) is 21.6. The number of halogens is 2. The summed E-state index contributed by atoms with van der Waals surface area (Å²) < 4.78 is 52.6. The molecule has 37 heavy (non-hydrogen) atoms. The summed E-state index contributed by atoms with van der Waals surface area (Å²) in [5, 5.41) is 3.85. The lowest BCUT2D eigenvalue weighted by molar-refractivity contribution is 0.0499. The van der Waals surface area contributed by atoms with Crippen LogP contribution in [0.1, 0.15) is 25.0 Å². The molecule has 0 bridgehead atoms. The molecule has 0 aliphatic carbocycles. The lowest BCUT2D eigenvalue weighted by atomic mass is 9.89. The Morgan fingerprint density at radius 2 is 1.76 bits per heavy atom. The van der Waals surface area contributed by atoms with Crippen molar-refractivity contribution in [2.24, 2.45) is 0 Å². The Balaban J connectivity index is 2.15. The Bertz CT molecular complexity index is 1330.